The number of rotatable bonds is 5. The summed E-state index contributed by atoms with van der Waals surface area (Å²) in [5.41, 5.74) is 0.708. The Kier molecular flexibility index (Phi) is 7.12. The first-order valence-electron chi connectivity index (χ1n) is 6.44. The van der Waals surface area contributed by atoms with E-state index in [2.05, 4.69) is 0 Å². The molecule has 19 heavy (non-hydrogen) atoms. The first-order chi connectivity index (χ1) is 9.12. The molecule has 1 atom stereocenters. The van der Waals surface area contributed by atoms with E-state index < -0.39 is 0 Å². The number of carbonyl (C=O) groups excluding carboxylic acids is 2. The Bertz CT molecular complexity index is 340. The van der Waals surface area contributed by atoms with Gasteiger partial charge < -0.3 is 14.4 Å². The number of hydrogen-bond acceptors (Lipinski definition) is 5. The number of hydrogen-bond donors (Lipinski definition) is 0. The standard InChI is InChI=1S/C7H7NO2S.C6H14O2/c9-3-5-2-8-6(10)1-7(8)11-4-5;1-4-7-6(3)8-5-2/h2-3,7H,1,4H2;6H,4-5H2,1-3H3/t7-;/m1./s1. The van der Waals surface area contributed by atoms with E-state index >= 15 is 0 Å². The Morgan fingerprint density at radius 2 is 2.11 bits per heavy atom. The van der Waals surface area contributed by atoms with Gasteiger partial charge in [0.15, 0.2) is 6.29 Å². The highest BCUT2D eigenvalue weighted by Gasteiger charge is 2.37. The third-order valence-electron chi connectivity index (χ3n) is 2.65. The van der Waals surface area contributed by atoms with E-state index in [1.54, 1.807) is 22.9 Å². The fraction of sp³-hybridized carbons (Fsp3) is 0.692. The van der Waals surface area contributed by atoms with Crippen molar-refractivity contribution in [2.45, 2.75) is 38.9 Å². The zero-order valence-corrected chi connectivity index (χ0v) is 12.4. The lowest BCUT2D eigenvalue weighted by Crippen LogP contribution is -2.49. The predicted molar refractivity (Wildman–Crippen MR) is 74.6 cm³/mol. The molecule has 0 unspecified atom stereocenters. The second-order valence-electron chi connectivity index (χ2n) is 4.07. The molecule has 1 fully saturated rings. The van der Waals surface area contributed by atoms with Crippen LogP contribution in [0.15, 0.2) is 11.8 Å². The second kappa shape index (κ2) is 8.35. The van der Waals surface area contributed by atoms with Crippen LogP contribution >= 0.6 is 11.8 Å². The van der Waals surface area contributed by atoms with Crippen LogP contribution in [0.2, 0.25) is 0 Å². The highest BCUT2D eigenvalue weighted by atomic mass is 32.2. The Morgan fingerprint density at radius 1 is 1.47 bits per heavy atom. The SMILES string of the molecule is CCOC(C)OCC.O=CC1=CN2C(=O)C[C@H]2SC1. The molecule has 5 nitrogen and oxygen atoms in total. The minimum absolute atomic E-state index is 0.0370. The van der Waals surface area contributed by atoms with Gasteiger partial charge in [-0.25, -0.2) is 0 Å². The summed E-state index contributed by atoms with van der Waals surface area (Å²) in [4.78, 5) is 22.8. The lowest BCUT2D eigenvalue weighted by atomic mass is 10.2. The summed E-state index contributed by atoms with van der Waals surface area (Å²) < 4.78 is 10.1. The zero-order chi connectivity index (χ0) is 14.3. The van der Waals surface area contributed by atoms with Gasteiger partial charge in [0, 0.05) is 30.7 Å². The van der Waals surface area contributed by atoms with Gasteiger partial charge in [0.05, 0.1) is 11.8 Å². The van der Waals surface area contributed by atoms with E-state index in [1.807, 2.05) is 20.8 Å². The van der Waals surface area contributed by atoms with Crippen LogP contribution in [0.25, 0.3) is 0 Å². The lowest BCUT2D eigenvalue weighted by Gasteiger charge is -2.40. The van der Waals surface area contributed by atoms with Crippen LogP contribution in [0.4, 0.5) is 0 Å². The Labute approximate surface area is 118 Å². The zero-order valence-electron chi connectivity index (χ0n) is 11.6. The van der Waals surface area contributed by atoms with Crippen LogP contribution in [0.3, 0.4) is 0 Å². The molecule has 1 saturated heterocycles. The number of carbonyl (C=O) groups is 2. The Morgan fingerprint density at radius 3 is 2.58 bits per heavy atom. The number of ether oxygens (including phenoxy) is 2. The molecule has 0 aliphatic carbocycles. The summed E-state index contributed by atoms with van der Waals surface area (Å²) in [6.07, 6.45) is 3.08. The number of thioether (sulfide) groups is 1. The van der Waals surface area contributed by atoms with Gasteiger partial charge in [-0.05, 0) is 20.8 Å². The van der Waals surface area contributed by atoms with Gasteiger partial charge in [-0.15, -0.1) is 11.8 Å². The maximum Gasteiger partial charge on any atom is 0.230 e. The summed E-state index contributed by atoms with van der Waals surface area (Å²) in [5.74, 6) is 0.874. The molecular formula is C13H21NO4S. The molecule has 0 bridgehead atoms. The van der Waals surface area contributed by atoms with E-state index in [1.165, 1.54) is 0 Å². The van der Waals surface area contributed by atoms with E-state index in [0.29, 0.717) is 17.4 Å². The Hall–Kier alpha value is -0.850. The summed E-state index contributed by atoms with van der Waals surface area (Å²) in [6.45, 7) is 7.25. The molecule has 0 spiro atoms. The molecule has 6 heteroatoms. The fourth-order valence-electron chi connectivity index (χ4n) is 1.69. The molecule has 2 aliphatic heterocycles. The van der Waals surface area contributed by atoms with Crippen molar-refractivity contribution in [3.05, 3.63) is 11.8 Å². The normalized spacial score (nSPS) is 21.1. The van der Waals surface area contributed by atoms with Gasteiger partial charge in [0.1, 0.15) is 6.29 Å². The number of β-lactam (4-membered cyclic amide) rings is 1. The molecule has 0 aromatic rings. The summed E-state index contributed by atoms with van der Waals surface area (Å²) in [5, 5.41) is 0.311. The maximum absolute atomic E-state index is 10.9. The van der Waals surface area contributed by atoms with Gasteiger partial charge >= 0.3 is 0 Å². The molecule has 2 rings (SSSR count). The number of amides is 1. The van der Waals surface area contributed by atoms with Crippen molar-refractivity contribution in [1.29, 1.82) is 0 Å². The first kappa shape index (κ1) is 16.2. The largest absolute Gasteiger partial charge is 0.353 e. The molecule has 2 heterocycles. The minimum Gasteiger partial charge on any atom is -0.353 e. The average molecular weight is 287 g/mol. The minimum atomic E-state index is -0.0370. The number of aldehydes is 1. The molecule has 1 amide bonds. The van der Waals surface area contributed by atoms with Gasteiger partial charge in [0.25, 0.3) is 0 Å². The van der Waals surface area contributed by atoms with Crippen LogP contribution in [0, 0.1) is 0 Å². The number of fused-ring (bicyclic) bond motifs is 1. The second-order valence-corrected chi connectivity index (χ2v) is 5.24. The quantitative estimate of drug-likeness (QED) is 0.438. The highest BCUT2D eigenvalue weighted by Crippen LogP contribution is 2.34. The molecular weight excluding hydrogens is 266 g/mol. The van der Waals surface area contributed by atoms with Crippen LogP contribution in [-0.2, 0) is 19.1 Å². The van der Waals surface area contributed by atoms with Crippen LogP contribution < -0.4 is 0 Å². The van der Waals surface area contributed by atoms with Crippen molar-refractivity contribution in [3.8, 4) is 0 Å². The van der Waals surface area contributed by atoms with Gasteiger partial charge in [-0.2, -0.15) is 0 Å². The summed E-state index contributed by atoms with van der Waals surface area (Å²) >= 11 is 1.65. The van der Waals surface area contributed by atoms with Gasteiger partial charge in [-0.3, -0.25) is 9.59 Å². The van der Waals surface area contributed by atoms with Crippen molar-refractivity contribution in [2.24, 2.45) is 0 Å². The van der Waals surface area contributed by atoms with Gasteiger partial charge in [-0.1, -0.05) is 0 Å². The van der Waals surface area contributed by atoms with Crippen LogP contribution in [-0.4, -0.2) is 47.7 Å². The predicted octanol–water partition coefficient (Wildman–Crippen LogP) is 1.78. The molecule has 0 aromatic heterocycles. The van der Waals surface area contributed by atoms with Crippen LogP contribution in [0.1, 0.15) is 27.2 Å². The number of nitrogens with zero attached hydrogens (tertiary/aromatic N) is 1. The van der Waals surface area contributed by atoms with E-state index in [-0.39, 0.29) is 12.2 Å². The van der Waals surface area contributed by atoms with E-state index in [0.717, 1.165) is 25.3 Å². The third-order valence-corrected chi connectivity index (χ3v) is 3.93. The first-order valence-corrected chi connectivity index (χ1v) is 7.49. The van der Waals surface area contributed by atoms with Crippen molar-refractivity contribution in [3.63, 3.8) is 0 Å². The van der Waals surface area contributed by atoms with E-state index in [9.17, 15) is 9.59 Å². The van der Waals surface area contributed by atoms with E-state index in [4.69, 9.17) is 9.47 Å². The highest BCUT2D eigenvalue weighted by molar-refractivity contribution is 8.00. The van der Waals surface area contributed by atoms with Crippen molar-refractivity contribution >= 4 is 24.0 Å². The average Bonchev–Trinajstić information content (AvgIpc) is 2.39. The van der Waals surface area contributed by atoms with Crippen molar-refractivity contribution < 1.29 is 19.1 Å². The van der Waals surface area contributed by atoms with Crippen LogP contribution in [0.5, 0.6) is 0 Å². The monoisotopic (exact) mass is 287 g/mol. The summed E-state index contributed by atoms with van der Waals surface area (Å²) in [7, 11) is 0. The van der Waals surface area contributed by atoms with Gasteiger partial charge in [0.2, 0.25) is 5.91 Å². The lowest BCUT2D eigenvalue weighted by molar-refractivity contribution is -0.137. The smallest absolute Gasteiger partial charge is 0.230 e. The summed E-state index contributed by atoms with van der Waals surface area (Å²) in [6, 6.07) is 0. The Balaban J connectivity index is 0.000000203. The molecule has 0 N–H and O–H groups in total. The molecule has 0 radical (unpaired) electrons. The van der Waals surface area contributed by atoms with Crippen molar-refractivity contribution in [1.82, 2.24) is 4.90 Å². The molecule has 0 aromatic carbocycles. The molecule has 108 valence electrons. The van der Waals surface area contributed by atoms with Crippen molar-refractivity contribution in [2.75, 3.05) is 19.0 Å². The fourth-order valence-corrected chi connectivity index (χ4v) is 2.81. The molecule has 0 saturated carbocycles. The third kappa shape index (κ3) is 4.97. The topological polar surface area (TPSA) is 55.8 Å². The molecule has 2 aliphatic rings. The maximum atomic E-state index is 10.9.